The summed E-state index contributed by atoms with van der Waals surface area (Å²) in [6.45, 7) is 7.94. The Kier molecular flexibility index (Phi) is 4.33. The van der Waals surface area contributed by atoms with Crippen LogP contribution in [-0.2, 0) is 4.79 Å². The van der Waals surface area contributed by atoms with Gasteiger partial charge in [0.15, 0.2) is 4.34 Å². The van der Waals surface area contributed by atoms with Gasteiger partial charge in [0.25, 0.3) is 0 Å². The molecule has 1 amide bonds. The van der Waals surface area contributed by atoms with Crippen molar-refractivity contribution in [1.82, 2.24) is 9.88 Å². The molecular formula is C19H23ClN2OS2. The summed E-state index contributed by atoms with van der Waals surface area (Å²) in [7, 11) is 0. The van der Waals surface area contributed by atoms with Gasteiger partial charge < -0.3 is 4.90 Å². The minimum absolute atomic E-state index is 0.258. The lowest BCUT2D eigenvalue weighted by molar-refractivity contribution is -0.129. The van der Waals surface area contributed by atoms with E-state index in [4.69, 9.17) is 11.6 Å². The Morgan fingerprint density at radius 1 is 1.40 bits per heavy atom. The molecule has 2 fully saturated rings. The zero-order valence-corrected chi connectivity index (χ0v) is 17.2. The van der Waals surface area contributed by atoms with Crippen molar-refractivity contribution >= 4 is 50.8 Å². The largest absolute Gasteiger partial charge is 0.338 e. The molecule has 1 aliphatic carbocycles. The van der Waals surface area contributed by atoms with E-state index < -0.39 is 0 Å². The number of likely N-dealkylation sites (tertiary alicyclic amines) is 1. The van der Waals surface area contributed by atoms with Gasteiger partial charge in [-0.2, -0.15) is 0 Å². The van der Waals surface area contributed by atoms with Crippen LogP contribution >= 0.6 is 34.7 Å². The molecule has 0 spiro atoms. The van der Waals surface area contributed by atoms with E-state index in [9.17, 15) is 4.79 Å². The Labute approximate surface area is 162 Å². The Hall–Kier alpha value is -0.780. The van der Waals surface area contributed by atoms with Gasteiger partial charge in [0.05, 0.1) is 16.0 Å². The monoisotopic (exact) mass is 394 g/mol. The number of aromatic nitrogens is 1. The van der Waals surface area contributed by atoms with E-state index >= 15 is 0 Å². The summed E-state index contributed by atoms with van der Waals surface area (Å²) < 4.78 is 2.06. The van der Waals surface area contributed by atoms with Crippen LogP contribution < -0.4 is 0 Å². The number of rotatable bonds is 3. The van der Waals surface area contributed by atoms with Crippen molar-refractivity contribution in [3.05, 3.63) is 23.2 Å². The molecule has 0 radical (unpaired) electrons. The second-order valence-corrected chi connectivity index (χ2v) is 11.3. The molecule has 2 bridgehead atoms. The molecular weight excluding hydrogens is 372 g/mol. The molecule has 1 aromatic carbocycles. The number of thiazole rings is 1. The summed E-state index contributed by atoms with van der Waals surface area (Å²) in [6.07, 6.45) is 3.50. The van der Waals surface area contributed by atoms with E-state index in [2.05, 4.69) is 30.7 Å². The smallest absolute Gasteiger partial charge is 0.233 e. The van der Waals surface area contributed by atoms with Crippen LogP contribution in [0.15, 0.2) is 22.5 Å². The van der Waals surface area contributed by atoms with Crippen LogP contribution in [0.3, 0.4) is 0 Å². The van der Waals surface area contributed by atoms with Crippen molar-refractivity contribution in [3.8, 4) is 0 Å². The number of fused-ring (bicyclic) bond motifs is 3. The third-order valence-electron chi connectivity index (χ3n) is 5.38. The molecule has 2 unspecified atom stereocenters. The van der Waals surface area contributed by atoms with Crippen LogP contribution in [0.2, 0.25) is 5.02 Å². The Bertz CT molecular complexity index is 834. The van der Waals surface area contributed by atoms with Crippen molar-refractivity contribution in [2.24, 2.45) is 10.8 Å². The zero-order chi connectivity index (χ0) is 17.8. The summed E-state index contributed by atoms with van der Waals surface area (Å²) in [4.78, 5) is 19.6. The predicted molar refractivity (Wildman–Crippen MR) is 107 cm³/mol. The maximum absolute atomic E-state index is 12.8. The summed E-state index contributed by atoms with van der Waals surface area (Å²) in [6, 6.07) is 6.17. The number of nitrogens with zero attached hydrogens (tertiary/aromatic N) is 2. The highest BCUT2D eigenvalue weighted by molar-refractivity contribution is 8.01. The van der Waals surface area contributed by atoms with Gasteiger partial charge in [-0.3, -0.25) is 4.79 Å². The topological polar surface area (TPSA) is 33.2 Å². The van der Waals surface area contributed by atoms with Gasteiger partial charge >= 0.3 is 0 Å². The Morgan fingerprint density at radius 2 is 2.20 bits per heavy atom. The fourth-order valence-electron chi connectivity index (χ4n) is 4.90. The van der Waals surface area contributed by atoms with Gasteiger partial charge in [-0.15, -0.1) is 11.3 Å². The standard InChI is InChI=1S/C19H23ClN2OS2/c1-18(2)7-13-8-19(3,10-18)11-22(13)16(23)9-24-17-21-14-6-12(20)4-5-15(14)25-17/h4-6,13H,7-11H2,1-3H3. The maximum Gasteiger partial charge on any atom is 0.233 e. The second-order valence-electron chi connectivity index (χ2n) is 8.62. The molecule has 1 aliphatic heterocycles. The molecule has 2 heterocycles. The molecule has 1 aromatic heterocycles. The van der Waals surface area contributed by atoms with Gasteiger partial charge in [-0.05, 0) is 48.3 Å². The van der Waals surface area contributed by atoms with E-state index in [1.807, 2.05) is 18.2 Å². The van der Waals surface area contributed by atoms with E-state index in [-0.39, 0.29) is 5.91 Å². The van der Waals surface area contributed by atoms with Crippen LogP contribution in [0.5, 0.6) is 0 Å². The van der Waals surface area contributed by atoms with E-state index in [0.29, 0.717) is 27.6 Å². The lowest BCUT2D eigenvalue weighted by Crippen LogP contribution is -2.38. The number of amides is 1. The summed E-state index contributed by atoms with van der Waals surface area (Å²) >= 11 is 9.21. The van der Waals surface area contributed by atoms with Crippen LogP contribution in [0.1, 0.15) is 40.0 Å². The van der Waals surface area contributed by atoms with E-state index in [1.165, 1.54) is 6.42 Å². The lowest BCUT2D eigenvalue weighted by Gasteiger charge is -2.39. The number of carbonyl (C=O) groups is 1. The maximum atomic E-state index is 12.8. The Balaban J connectivity index is 1.43. The molecule has 0 N–H and O–H groups in total. The third-order valence-corrected chi connectivity index (χ3v) is 7.78. The molecule has 1 saturated heterocycles. The van der Waals surface area contributed by atoms with Gasteiger partial charge in [-0.1, -0.05) is 44.1 Å². The third kappa shape index (κ3) is 3.56. The van der Waals surface area contributed by atoms with Crippen molar-refractivity contribution in [1.29, 1.82) is 0 Å². The van der Waals surface area contributed by atoms with Crippen molar-refractivity contribution in [3.63, 3.8) is 0 Å². The van der Waals surface area contributed by atoms with Gasteiger partial charge in [-0.25, -0.2) is 4.98 Å². The predicted octanol–water partition coefficient (Wildman–Crippen LogP) is 5.47. The SMILES string of the molecule is CC1(C)CC2CC(C)(CN2C(=O)CSc2nc3cc(Cl)ccc3s2)C1. The fraction of sp³-hybridized carbons (Fsp3) is 0.579. The quantitative estimate of drug-likeness (QED) is 0.647. The molecule has 3 nitrogen and oxygen atoms in total. The summed E-state index contributed by atoms with van der Waals surface area (Å²) in [5.74, 6) is 0.731. The lowest BCUT2D eigenvalue weighted by atomic mass is 9.65. The number of thioether (sulfide) groups is 1. The summed E-state index contributed by atoms with van der Waals surface area (Å²) in [5.41, 5.74) is 1.55. The molecule has 2 aliphatic rings. The fourth-order valence-corrected chi connectivity index (χ4v) is 7.00. The first-order valence-electron chi connectivity index (χ1n) is 8.72. The molecule has 6 heteroatoms. The number of halogens is 1. The van der Waals surface area contributed by atoms with Crippen molar-refractivity contribution in [2.75, 3.05) is 12.3 Å². The molecule has 25 heavy (non-hydrogen) atoms. The van der Waals surface area contributed by atoms with E-state index in [1.54, 1.807) is 23.1 Å². The first-order valence-corrected chi connectivity index (χ1v) is 10.9. The first kappa shape index (κ1) is 17.6. The van der Waals surface area contributed by atoms with Crippen LogP contribution in [0.4, 0.5) is 0 Å². The highest BCUT2D eigenvalue weighted by Crippen LogP contribution is 2.52. The molecule has 2 aromatic rings. The van der Waals surface area contributed by atoms with Crippen molar-refractivity contribution in [2.45, 2.75) is 50.4 Å². The molecule has 4 rings (SSSR count). The summed E-state index contributed by atoms with van der Waals surface area (Å²) in [5, 5.41) is 0.700. The number of benzene rings is 1. The van der Waals surface area contributed by atoms with Crippen molar-refractivity contribution < 1.29 is 4.79 Å². The van der Waals surface area contributed by atoms with Gasteiger partial charge in [0, 0.05) is 17.6 Å². The number of hydrogen-bond donors (Lipinski definition) is 0. The number of carbonyl (C=O) groups excluding carboxylic acids is 1. The second kappa shape index (κ2) is 6.14. The average Bonchev–Trinajstić information content (AvgIpc) is 3.01. The van der Waals surface area contributed by atoms with E-state index in [0.717, 1.165) is 33.9 Å². The van der Waals surface area contributed by atoms with Crippen LogP contribution in [0.25, 0.3) is 10.2 Å². The van der Waals surface area contributed by atoms with Crippen LogP contribution in [-0.4, -0.2) is 34.1 Å². The van der Waals surface area contributed by atoms with Gasteiger partial charge in [0.1, 0.15) is 0 Å². The minimum atomic E-state index is 0.258. The molecule has 2 atom stereocenters. The zero-order valence-electron chi connectivity index (χ0n) is 14.8. The minimum Gasteiger partial charge on any atom is -0.338 e. The Morgan fingerprint density at radius 3 is 3.00 bits per heavy atom. The molecule has 1 saturated carbocycles. The molecule has 134 valence electrons. The first-order chi connectivity index (χ1) is 11.7. The van der Waals surface area contributed by atoms with Gasteiger partial charge in [0.2, 0.25) is 5.91 Å². The number of hydrogen-bond acceptors (Lipinski definition) is 4. The highest BCUT2D eigenvalue weighted by atomic mass is 35.5. The normalized spacial score (nSPS) is 27.8. The van der Waals surface area contributed by atoms with Crippen LogP contribution in [0, 0.1) is 10.8 Å². The highest BCUT2D eigenvalue weighted by Gasteiger charge is 2.50. The average molecular weight is 395 g/mol.